The maximum absolute atomic E-state index is 11.6. The monoisotopic (exact) mass is 289 g/mol. The number of rotatable bonds is 5. The van der Waals surface area contributed by atoms with Crippen molar-refractivity contribution >= 4 is 17.3 Å². The summed E-state index contributed by atoms with van der Waals surface area (Å²) in [6, 6.07) is 4.88. The van der Waals surface area contributed by atoms with Crippen molar-refractivity contribution in [3.63, 3.8) is 0 Å². The second-order valence-corrected chi connectivity index (χ2v) is 4.70. The smallest absolute Gasteiger partial charge is 0.338 e. The fraction of sp³-hybridized carbons (Fsp3) is 0.333. The van der Waals surface area contributed by atoms with Gasteiger partial charge in [-0.05, 0) is 39.0 Å². The van der Waals surface area contributed by atoms with Gasteiger partial charge in [-0.15, -0.1) is 0 Å². The first kappa shape index (κ1) is 14.9. The zero-order valence-electron chi connectivity index (χ0n) is 12.3. The molecule has 0 aliphatic carbocycles. The number of esters is 1. The van der Waals surface area contributed by atoms with Crippen molar-refractivity contribution in [2.75, 3.05) is 17.7 Å². The van der Waals surface area contributed by atoms with Gasteiger partial charge < -0.3 is 20.2 Å². The number of carbonyl (C=O) groups excluding carboxylic acids is 1. The van der Waals surface area contributed by atoms with Gasteiger partial charge in [0.05, 0.1) is 29.7 Å². The molecule has 0 radical (unpaired) electrons. The normalized spacial score (nSPS) is 12.0. The zero-order valence-corrected chi connectivity index (χ0v) is 12.3. The molecule has 6 heteroatoms. The van der Waals surface area contributed by atoms with Gasteiger partial charge in [0.2, 0.25) is 5.89 Å². The Labute approximate surface area is 123 Å². The van der Waals surface area contributed by atoms with Gasteiger partial charge in [0.1, 0.15) is 11.8 Å². The lowest BCUT2D eigenvalue weighted by atomic mass is 10.1. The summed E-state index contributed by atoms with van der Waals surface area (Å²) < 4.78 is 10.4. The van der Waals surface area contributed by atoms with Crippen LogP contribution in [0.1, 0.15) is 41.9 Å². The Balaban J connectivity index is 2.12. The highest BCUT2D eigenvalue weighted by molar-refractivity contribution is 5.91. The van der Waals surface area contributed by atoms with Crippen molar-refractivity contribution in [2.24, 2.45) is 0 Å². The first-order chi connectivity index (χ1) is 10.0. The van der Waals surface area contributed by atoms with Gasteiger partial charge in [-0.2, -0.15) is 0 Å². The molecule has 1 unspecified atom stereocenters. The van der Waals surface area contributed by atoms with Crippen molar-refractivity contribution in [3.8, 4) is 0 Å². The first-order valence-corrected chi connectivity index (χ1v) is 6.76. The van der Waals surface area contributed by atoms with Crippen molar-refractivity contribution in [1.29, 1.82) is 0 Å². The number of hydrogen-bond donors (Lipinski definition) is 2. The molecule has 1 heterocycles. The van der Waals surface area contributed by atoms with Crippen LogP contribution in [0.5, 0.6) is 0 Å². The number of hydrogen-bond acceptors (Lipinski definition) is 6. The predicted molar refractivity (Wildman–Crippen MR) is 80.1 cm³/mol. The molecule has 21 heavy (non-hydrogen) atoms. The lowest BCUT2D eigenvalue weighted by molar-refractivity contribution is 0.0526. The van der Waals surface area contributed by atoms with Gasteiger partial charge in [-0.3, -0.25) is 0 Å². The Hall–Kier alpha value is -2.50. The molecule has 1 atom stereocenters. The number of oxazole rings is 1. The van der Waals surface area contributed by atoms with Crippen LogP contribution in [0.2, 0.25) is 0 Å². The topological polar surface area (TPSA) is 90.4 Å². The van der Waals surface area contributed by atoms with E-state index in [2.05, 4.69) is 10.3 Å². The highest BCUT2D eigenvalue weighted by atomic mass is 16.5. The van der Waals surface area contributed by atoms with Crippen LogP contribution in [0, 0.1) is 6.92 Å². The van der Waals surface area contributed by atoms with Crippen molar-refractivity contribution < 1.29 is 13.9 Å². The van der Waals surface area contributed by atoms with E-state index in [0.29, 0.717) is 29.4 Å². The minimum atomic E-state index is -0.382. The van der Waals surface area contributed by atoms with Crippen LogP contribution < -0.4 is 11.1 Å². The van der Waals surface area contributed by atoms with Crippen LogP contribution in [0.3, 0.4) is 0 Å². The van der Waals surface area contributed by atoms with Gasteiger partial charge >= 0.3 is 5.97 Å². The lowest BCUT2D eigenvalue weighted by Crippen LogP contribution is -2.10. The van der Waals surface area contributed by atoms with Crippen LogP contribution in [-0.2, 0) is 4.74 Å². The summed E-state index contributed by atoms with van der Waals surface area (Å²) in [7, 11) is 0. The second kappa shape index (κ2) is 6.30. The summed E-state index contributed by atoms with van der Waals surface area (Å²) in [5.41, 5.74) is 7.58. The molecule has 1 aromatic heterocycles. The number of nitrogens with one attached hydrogen (secondary N) is 1. The fourth-order valence-corrected chi connectivity index (χ4v) is 1.90. The van der Waals surface area contributed by atoms with Gasteiger partial charge in [0.25, 0.3) is 0 Å². The average Bonchev–Trinajstić information content (AvgIpc) is 2.88. The number of ether oxygens (including phenoxy) is 1. The zero-order chi connectivity index (χ0) is 15.4. The van der Waals surface area contributed by atoms with Crippen LogP contribution in [-0.4, -0.2) is 17.6 Å². The number of carbonyl (C=O) groups is 1. The Morgan fingerprint density at radius 1 is 1.52 bits per heavy atom. The summed E-state index contributed by atoms with van der Waals surface area (Å²) in [4.78, 5) is 15.8. The van der Waals surface area contributed by atoms with E-state index in [1.165, 1.54) is 0 Å². The Morgan fingerprint density at radius 3 is 2.86 bits per heavy atom. The predicted octanol–water partition coefficient (Wildman–Crippen LogP) is 2.92. The van der Waals surface area contributed by atoms with Crippen molar-refractivity contribution in [1.82, 2.24) is 4.98 Å². The van der Waals surface area contributed by atoms with Crippen LogP contribution in [0.15, 0.2) is 28.8 Å². The van der Waals surface area contributed by atoms with Crippen molar-refractivity contribution in [3.05, 3.63) is 41.6 Å². The summed E-state index contributed by atoms with van der Waals surface area (Å²) in [6.07, 6.45) is 1.67. The molecule has 0 spiro atoms. The van der Waals surface area contributed by atoms with Gasteiger partial charge in [0, 0.05) is 0 Å². The van der Waals surface area contributed by atoms with E-state index in [-0.39, 0.29) is 12.0 Å². The lowest BCUT2D eigenvalue weighted by Gasteiger charge is -2.14. The number of nitrogen functional groups attached to an aromatic ring is 1. The van der Waals surface area contributed by atoms with E-state index in [1.54, 1.807) is 31.3 Å². The maximum Gasteiger partial charge on any atom is 0.338 e. The summed E-state index contributed by atoms with van der Waals surface area (Å²) >= 11 is 0. The average molecular weight is 289 g/mol. The fourth-order valence-electron chi connectivity index (χ4n) is 1.90. The van der Waals surface area contributed by atoms with E-state index in [0.717, 1.165) is 5.76 Å². The van der Waals surface area contributed by atoms with Crippen molar-refractivity contribution in [2.45, 2.75) is 26.8 Å². The number of benzene rings is 1. The number of aryl methyl sites for hydroxylation is 1. The molecule has 6 nitrogen and oxygen atoms in total. The molecule has 0 bridgehead atoms. The largest absolute Gasteiger partial charge is 0.462 e. The summed E-state index contributed by atoms with van der Waals surface area (Å²) in [6.45, 7) is 5.85. The van der Waals surface area contributed by atoms with E-state index in [1.807, 2.05) is 13.8 Å². The Bertz CT molecular complexity index is 637. The molecule has 3 N–H and O–H groups in total. The molecular formula is C15H19N3O3. The SMILES string of the molecule is CCOC(=O)c1ccc(NC(C)c2ncc(C)o2)c(N)c1. The third-order valence-electron chi connectivity index (χ3n) is 2.94. The molecule has 112 valence electrons. The molecule has 2 rings (SSSR count). The molecule has 0 amide bonds. The number of nitrogens with zero attached hydrogens (tertiary/aromatic N) is 1. The summed E-state index contributed by atoms with van der Waals surface area (Å²) in [5.74, 6) is 0.956. The number of anilines is 2. The molecule has 1 aromatic carbocycles. The van der Waals surface area contributed by atoms with Crippen LogP contribution in [0.4, 0.5) is 11.4 Å². The minimum Gasteiger partial charge on any atom is -0.462 e. The Kier molecular flexibility index (Phi) is 4.47. The van der Waals surface area contributed by atoms with Gasteiger partial charge in [-0.25, -0.2) is 9.78 Å². The molecule has 0 saturated carbocycles. The van der Waals surface area contributed by atoms with E-state index >= 15 is 0 Å². The number of aromatic nitrogens is 1. The molecule has 2 aromatic rings. The second-order valence-electron chi connectivity index (χ2n) is 4.70. The van der Waals surface area contributed by atoms with Crippen LogP contribution >= 0.6 is 0 Å². The third kappa shape index (κ3) is 3.53. The Morgan fingerprint density at radius 2 is 2.29 bits per heavy atom. The highest BCUT2D eigenvalue weighted by Gasteiger charge is 2.14. The first-order valence-electron chi connectivity index (χ1n) is 6.76. The van der Waals surface area contributed by atoms with E-state index < -0.39 is 0 Å². The van der Waals surface area contributed by atoms with Crippen LogP contribution in [0.25, 0.3) is 0 Å². The third-order valence-corrected chi connectivity index (χ3v) is 2.94. The maximum atomic E-state index is 11.6. The standard InChI is InChI=1S/C15H19N3O3/c1-4-20-15(19)11-5-6-13(12(16)7-11)18-10(3)14-17-8-9(2)21-14/h5-8,10,18H,4,16H2,1-3H3. The van der Waals surface area contributed by atoms with Gasteiger partial charge in [-0.1, -0.05) is 0 Å². The van der Waals surface area contributed by atoms with Gasteiger partial charge in [0.15, 0.2) is 0 Å². The summed E-state index contributed by atoms with van der Waals surface area (Å²) in [5, 5.41) is 3.20. The quantitative estimate of drug-likeness (QED) is 0.649. The van der Waals surface area contributed by atoms with E-state index in [4.69, 9.17) is 14.9 Å². The molecule has 0 fully saturated rings. The molecule has 0 aliphatic heterocycles. The number of nitrogens with two attached hydrogens (primary N) is 1. The molecule has 0 saturated heterocycles. The minimum absolute atomic E-state index is 0.130. The highest BCUT2D eigenvalue weighted by Crippen LogP contribution is 2.25. The molecule has 0 aliphatic rings. The molecular weight excluding hydrogens is 270 g/mol. The van der Waals surface area contributed by atoms with E-state index in [9.17, 15) is 4.79 Å².